The third-order valence-corrected chi connectivity index (χ3v) is 4.91. The molecule has 156 valence electrons. The highest BCUT2D eigenvalue weighted by Crippen LogP contribution is 2.44. The third-order valence-electron chi connectivity index (χ3n) is 4.91. The number of amides is 1. The van der Waals surface area contributed by atoms with Crippen LogP contribution in [0.15, 0.2) is 48.5 Å². The normalized spacial score (nSPS) is 19.2. The second-order valence-corrected chi connectivity index (χ2v) is 7.14. The summed E-state index contributed by atoms with van der Waals surface area (Å²) in [6.45, 7) is 3.53. The lowest BCUT2D eigenvalue weighted by molar-refractivity contribution is -0.138. The number of halogens is 6. The van der Waals surface area contributed by atoms with Crippen molar-refractivity contribution in [3.05, 3.63) is 70.8 Å². The number of alkyl halides is 6. The van der Waals surface area contributed by atoms with Gasteiger partial charge in [0.05, 0.1) is 17.2 Å². The highest BCUT2D eigenvalue weighted by molar-refractivity contribution is 5.73. The van der Waals surface area contributed by atoms with E-state index in [0.29, 0.717) is 0 Å². The maximum Gasteiger partial charge on any atom is 0.416 e. The molecule has 1 unspecified atom stereocenters. The molecule has 9 heteroatoms. The summed E-state index contributed by atoms with van der Waals surface area (Å²) in [4.78, 5) is 12.1. The lowest BCUT2D eigenvalue weighted by Gasteiger charge is -2.35. The minimum Gasteiger partial charge on any atom is -0.431 e. The summed E-state index contributed by atoms with van der Waals surface area (Å²) in [5, 5.41) is 2.63. The lowest BCUT2D eigenvalue weighted by Crippen LogP contribution is -2.45. The quantitative estimate of drug-likeness (QED) is 0.648. The fourth-order valence-electron chi connectivity index (χ4n) is 3.56. The van der Waals surface area contributed by atoms with Crippen LogP contribution in [0.3, 0.4) is 0 Å². The minimum atomic E-state index is -4.55. The molecule has 3 nitrogen and oxygen atoms in total. The molecule has 29 heavy (non-hydrogen) atoms. The lowest BCUT2D eigenvalue weighted by atomic mass is 9.76. The molecule has 0 aliphatic carbocycles. The standard InChI is InChI=1S/C20H17F6NO2/c1-11(2)16-18(29-17(28)27-16,12-3-7-14(8-4-12)19(21,22)23)13-5-9-15(10-6-13)20(24,25)26/h3-11,16H,1-2H3,(H,27,28). The molecule has 1 N–H and O–H groups in total. The second kappa shape index (κ2) is 6.96. The molecule has 0 radical (unpaired) electrons. The van der Waals surface area contributed by atoms with Crippen LogP contribution in [0, 0.1) is 5.92 Å². The number of ether oxygens (including phenoxy) is 1. The van der Waals surface area contributed by atoms with Gasteiger partial charge in [-0.1, -0.05) is 38.1 Å². The van der Waals surface area contributed by atoms with Gasteiger partial charge in [0.25, 0.3) is 0 Å². The highest BCUT2D eigenvalue weighted by Gasteiger charge is 2.53. The van der Waals surface area contributed by atoms with Gasteiger partial charge in [-0.05, 0) is 30.2 Å². The van der Waals surface area contributed by atoms with E-state index in [0.717, 1.165) is 24.3 Å². The summed E-state index contributed by atoms with van der Waals surface area (Å²) < 4.78 is 83.1. The average molecular weight is 417 g/mol. The van der Waals surface area contributed by atoms with Crippen molar-refractivity contribution in [2.75, 3.05) is 0 Å². The van der Waals surface area contributed by atoms with Gasteiger partial charge in [0, 0.05) is 11.1 Å². The van der Waals surface area contributed by atoms with Crippen molar-refractivity contribution in [3.8, 4) is 0 Å². The molecule has 1 atom stereocenters. The molecule has 3 rings (SSSR count). The number of carbonyl (C=O) groups is 1. The fraction of sp³-hybridized carbons (Fsp3) is 0.350. The Labute approximate surface area is 162 Å². The summed E-state index contributed by atoms with van der Waals surface area (Å²) in [7, 11) is 0. The molecule has 1 aliphatic heterocycles. The predicted molar refractivity (Wildman–Crippen MR) is 91.9 cm³/mol. The Hall–Kier alpha value is -2.71. The average Bonchev–Trinajstić information content (AvgIpc) is 2.99. The summed E-state index contributed by atoms with van der Waals surface area (Å²) in [6, 6.07) is 7.41. The van der Waals surface area contributed by atoms with E-state index in [2.05, 4.69) is 5.32 Å². The Morgan fingerprint density at radius 1 is 0.828 bits per heavy atom. The van der Waals surface area contributed by atoms with E-state index in [1.165, 1.54) is 24.3 Å². The minimum absolute atomic E-state index is 0.224. The first-order chi connectivity index (χ1) is 13.4. The monoisotopic (exact) mass is 417 g/mol. The summed E-state index contributed by atoms with van der Waals surface area (Å²) in [6.07, 6.45) is -9.91. The molecule has 1 amide bonds. The van der Waals surface area contributed by atoms with Crippen molar-refractivity contribution in [1.82, 2.24) is 5.32 Å². The summed E-state index contributed by atoms with van der Waals surface area (Å²) in [5.74, 6) is -0.231. The number of nitrogens with one attached hydrogen (secondary N) is 1. The smallest absolute Gasteiger partial charge is 0.416 e. The number of rotatable bonds is 3. The molecule has 1 aliphatic rings. The zero-order valence-corrected chi connectivity index (χ0v) is 15.4. The van der Waals surface area contributed by atoms with E-state index >= 15 is 0 Å². The Kier molecular flexibility index (Phi) is 5.04. The van der Waals surface area contributed by atoms with Gasteiger partial charge in [-0.15, -0.1) is 0 Å². The number of carbonyl (C=O) groups excluding carboxylic acids is 1. The maximum atomic E-state index is 12.9. The van der Waals surface area contributed by atoms with Gasteiger partial charge in [-0.3, -0.25) is 0 Å². The van der Waals surface area contributed by atoms with Crippen LogP contribution in [0.4, 0.5) is 31.1 Å². The van der Waals surface area contributed by atoms with Crippen molar-refractivity contribution in [1.29, 1.82) is 0 Å². The van der Waals surface area contributed by atoms with Gasteiger partial charge in [-0.25, -0.2) is 4.79 Å². The third kappa shape index (κ3) is 3.77. The second-order valence-electron chi connectivity index (χ2n) is 7.14. The van der Waals surface area contributed by atoms with Gasteiger partial charge >= 0.3 is 18.4 Å². The van der Waals surface area contributed by atoms with E-state index in [-0.39, 0.29) is 17.0 Å². The molecule has 0 saturated carbocycles. The number of benzene rings is 2. The Morgan fingerprint density at radius 2 is 1.21 bits per heavy atom. The van der Waals surface area contributed by atoms with Crippen LogP contribution >= 0.6 is 0 Å². The van der Waals surface area contributed by atoms with Crippen LogP contribution in [-0.4, -0.2) is 12.1 Å². The van der Waals surface area contributed by atoms with Crippen LogP contribution in [0.25, 0.3) is 0 Å². The molecule has 1 heterocycles. The Bertz CT molecular complexity index is 828. The van der Waals surface area contributed by atoms with Crippen LogP contribution in [0.2, 0.25) is 0 Å². The summed E-state index contributed by atoms with van der Waals surface area (Å²) >= 11 is 0. The molecule has 0 bridgehead atoms. The van der Waals surface area contributed by atoms with E-state index in [4.69, 9.17) is 4.74 Å². The zero-order valence-electron chi connectivity index (χ0n) is 15.4. The highest BCUT2D eigenvalue weighted by atomic mass is 19.4. The van der Waals surface area contributed by atoms with Crippen molar-refractivity contribution >= 4 is 6.09 Å². The van der Waals surface area contributed by atoms with Crippen LogP contribution in [0.1, 0.15) is 36.1 Å². The number of hydrogen-bond acceptors (Lipinski definition) is 2. The predicted octanol–water partition coefficient (Wildman–Crippen LogP) is 5.73. The van der Waals surface area contributed by atoms with Crippen molar-refractivity contribution in [2.45, 2.75) is 37.8 Å². The van der Waals surface area contributed by atoms with Crippen molar-refractivity contribution in [3.63, 3.8) is 0 Å². The van der Waals surface area contributed by atoms with Crippen LogP contribution < -0.4 is 5.32 Å². The fourth-order valence-corrected chi connectivity index (χ4v) is 3.56. The van der Waals surface area contributed by atoms with Crippen molar-refractivity contribution in [2.24, 2.45) is 5.92 Å². The molecule has 2 aromatic rings. The molecule has 0 spiro atoms. The van der Waals surface area contributed by atoms with E-state index in [9.17, 15) is 31.1 Å². The largest absolute Gasteiger partial charge is 0.431 e. The molecule has 0 aromatic heterocycles. The first-order valence-corrected chi connectivity index (χ1v) is 8.70. The SMILES string of the molecule is CC(C)C1NC(=O)OC1(c1ccc(C(F)(F)F)cc1)c1ccc(C(F)(F)F)cc1. The first-order valence-electron chi connectivity index (χ1n) is 8.70. The van der Waals surface area contributed by atoms with Gasteiger partial charge in [-0.2, -0.15) is 26.3 Å². The number of cyclic esters (lactones) is 1. The molecular weight excluding hydrogens is 400 g/mol. The number of alkyl carbamates (subject to hydrolysis) is 1. The Balaban J connectivity index is 2.17. The van der Waals surface area contributed by atoms with Crippen LogP contribution in [0.5, 0.6) is 0 Å². The first kappa shape index (κ1) is 21.0. The molecule has 1 saturated heterocycles. The van der Waals surface area contributed by atoms with Gasteiger partial charge < -0.3 is 10.1 Å². The van der Waals surface area contributed by atoms with E-state index < -0.39 is 41.2 Å². The molecular formula is C20H17F6NO2. The summed E-state index contributed by atoms with van der Waals surface area (Å²) in [5.41, 5.74) is -2.89. The maximum absolute atomic E-state index is 12.9. The van der Waals surface area contributed by atoms with Crippen molar-refractivity contribution < 1.29 is 35.9 Å². The van der Waals surface area contributed by atoms with Gasteiger partial charge in [0.15, 0.2) is 5.60 Å². The van der Waals surface area contributed by atoms with Gasteiger partial charge in [0.2, 0.25) is 0 Å². The molecule has 2 aromatic carbocycles. The van der Waals surface area contributed by atoms with E-state index in [1.807, 2.05) is 0 Å². The topological polar surface area (TPSA) is 38.3 Å². The molecule has 1 fully saturated rings. The van der Waals surface area contributed by atoms with Crippen LogP contribution in [-0.2, 0) is 22.7 Å². The number of hydrogen-bond donors (Lipinski definition) is 1. The van der Waals surface area contributed by atoms with Gasteiger partial charge in [0.1, 0.15) is 0 Å². The Morgan fingerprint density at radius 3 is 1.52 bits per heavy atom. The van der Waals surface area contributed by atoms with E-state index in [1.54, 1.807) is 13.8 Å². The zero-order chi connectivity index (χ0) is 21.6.